The van der Waals surface area contributed by atoms with Crippen LogP contribution in [0.1, 0.15) is 53.4 Å². The molecule has 0 aliphatic heterocycles. The van der Waals surface area contributed by atoms with E-state index in [2.05, 4.69) is 20.8 Å². The third-order valence-corrected chi connectivity index (χ3v) is 3.49. The molecule has 0 radical (unpaired) electrons. The first-order valence-corrected chi connectivity index (χ1v) is 5.77. The van der Waals surface area contributed by atoms with Crippen molar-refractivity contribution in [1.82, 2.24) is 0 Å². The molecule has 1 nitrogen and oxygen atoms in total. The molecule has 0 bridgehead atoms. The highest BCUT2D eigenvalue weighted by atomic mass is 16.1. The highest BCUT2D eigenvalue weighted by molar-refractivity contribution is 5.66. The number of allylic oxidation sites excluding steroid dienone is 4. The summed E-state index contributed by atoms with van der Waals surface area (Å²) < 4.78 is 0. The van der Waals surface area contributed by atoms with Crippen LogP contribution in [0.15, 0.2) is 22.8 Å². The lowest BCUT2D eigenvalue weighted by Crippen LogP contribution is -2.20. The van der Waals surface area contributed by atoms with Crippen molar-refractivity contribution in [3.63, 3.8) is 0 Å². The minimum atomic E-state index is 0.320. The van der Waals surface area contributed by atoms with E-state index in [0.29, 0.717) is 5.41 Å². The summed E-state index contributed by atoms with van der Waals surface area (Å²) in [6.07, 6.45) is 7.35. The number of carbonyl (C=O) groups is 1. The molecule has 0 amide bonds. The summed E-state index contributed by atoms with van der Waals surface area (Å²) in [7, 11) is 0. The molecular weight excluding hydrogens is 184 g/mol. The zero-order valence-corrected chi connectivity index (χ0v) is 10.4. The molecule has 1 rings (SSSR count). The monoisotopic (exact) mass is 206 g/mol. The van der Waals surface area contributed by atoms with Crippen molar-refractivity contribution >= 4 is 6.29 Å². The minimum absolute atomic E-state index is 0.320. The lowest BCUT2D eigenvalue weighted by molar-refractivity contribution is -0.104. The van der Waals surface area contributed by atoms with E-state index in [9.17, 15) is 4.79 Å². The summed E-state index contributed by atoms with van der Waals surface area (Å²) in [4.78, 5) is 10.4. The second-order valence-corrected chi connectivity index (χ2v) is 5.32. The Balaban J connectivity index is 2.90. The van der Waals surface area contributed by atoms with E-state index in [1.54, 1.807) is 11.6 Å². The van der Waals surface area contributed by atoms with Crippen LogP contribution in [0.3, 0.4) is 0 Å². The van der Waals surface area contributed by atoms with Gasteiger partial charge in [-0.1, -0.05) is 30.6 Å². The van der Waals surface area contributed by atoms with Crippen LogP contribution in [-0.4, -0.2) is 6.29 Å². The van der Waals surface area contributed by atoms with Crippen LogP contribution in [0.5, 0.6) is 0 Å². The van der Waals surface area contributed by atoms with Gasteiger partial charge in [0.2, 0.25) is 0 Å². The maximum absolute atomic E-state index is 10.4. The van der Waals surface area contributed by atoms with Gasteiger partial charge >= 0.3 is 0 Å². The van der Waals surface area contributed by atoms with E-state index in [-0.39, 0.29) is 0 Å². The Kier molecular flexibility index (Phi) is 3.90. The average molecular weight is 206 g/mol. The largest absolute Gasteiger partial charge is 0.299 e. The summed E-state index contributed by atoms with van der Waals surface area (Å²) in [6.45, 7) is 8.92. The Hall–Kier alpha value is -0.850. The number of hydrogen-bond donors (Lipinski definition) is 0. The van der Waals surface area contributed by atoms with Crippen LogP contribution in [0, 0.1) is 5.41 Å². The molecule has 0 spiro atoms. The van der Waals surface area contributed by atoms with Crippen molar-refractivity contribution in [2.24, 2.45) is 5.41 Å². The van der Waals surface area contributed by atoms with Crippen LogP contribution in [0.4, 0.5) is 0 Å². The van der Waals surface area contributed by atoms with E-state index >= 15 is 0 Å². The van der Waals surface area contributed by atoms with Crippen LogP contribution >= 0.6 is 0 Å². The molecule has 0 aromatic heterocycles. The molecule has 0 saturated heterocycles. The van der Waals surface area contributed by atoms with Gasteiger partial charge in [0, 0.05) is 0 Å². The summed E-state index contributed by atoms with van der Waals surface area (Å²) in [5, 5.41) is 0. The first kappa shape index (κ1) is 12.2. The highest BCUT2D eigenvalue weighted by Gasteiger charge is 2.27. The molecule has 0 aromatic carbocycles. The quantitative estimate of drug-likeness (QED) is 0.387. The first-order valence-electron chi connectivity index (χ1n) is 5.77. The van der Waals surface area contributed by atoms with E-state index < -0.39 is 0 Å². The van der Waals surface area contributed by atoms with Crippen molar-refractivity contribution in [2.75, 3.05) is 0 Å². The van der Waals surface area contributed by atoms with Gasteiger partial charge in [0.25, 0.3) is 0 Å². The van der Waals surface area contributed by atoms with Crippen molar-refractivity contribution in [1.29, 1.82) is 0 Å². The Labute approximate surface area is 93.3 Å². The zero-order valence-electron chi connectivity index (χ0n) is 10.4. The van der Waals surface area contributed by atoms with Crippen LogP contribution in [-0.2, 0) is 4.79 Å². The molecule has 0 N–H and O–H groups in total. The van der Waals surface area contributed by atoms with Gasteiger partial charge in [-0.3, -0.25) is 4.79 Å². The third kappa shape index (κ3) is 3.05. The van der Waals surface area contributed by atoms with E-state index in [1.165, 1.54) is 30.4 Å². The average Bonchev–Trinajstić information content (AvgIpc) is 2.12. The second kappa shape index (κ2) is 4.78. The molecule has 1 aliphatic rings. The summed E-state index contributed by atoms with van der Waals surface area (Å²) in [6, 6.07) is 0. The maximum Gasteiger partial charge on any atom is 0.142 e. The maximum atomic E-state index is 10.4. The van der Waals surface area contributed by atoms with Gasteiger partial charge in [-0.05, 0) is 51.0 Å². The summed E-state index contributed by atoms with van der Waals surface area (Å²) in [5.74, 6) is 0. The normalized spacial score (nSPS) is 21.7. The molecular formula is C14H22O. The van der Waals surface area contributed by atoms with Gasteiger partial charge in [-0.25, -0.2) is 0 Å². The lowest BCUT2D eigenvalue weighted by atomic mass is 9.71. The predicted molar refractivity (Wildman–Crippen MR) is 64.8 cm³/mol. The Morgan fingerprint density at radius 3 is 2.67 bits per heavy atom. The molecule has 1 heteroatoms. The van der Waals surface area contributed by atoms with Crippen molar-refractivity contribution < 1.29 is 4.79 Å². The molecule has 0 unspecified atom stereocenters. The molecule has 0 fully saturated rings. The predicted octanol–water partition coefficient (Wildman–Crippen LogP) is 4.05. The van der Waals surface area contributed by atoms with Gasteiger partial charge in [0.15, 0.2) is 0 Å². The Bertz CT molecular complexity index is 305. The van der Waals surface area contributed by atoms with Crippen molar-refractivity contribution in [2.45, 2.75) is 53.4 Å². The zero-order chi connectivity index (χ0) is 11.5. The van der Waals surface area contributed by atoms with Crippen LogP contribution in [0.2, 0.25) is 0 Å². The fourth-order valence-electron chi connectivity index (χ4n) is 2.52. The SMILES string of the molecule is CC(=CC=O)CC1=C(C)CCCC1(C)C. The molecule has 0 aromatic rings. The molecule has 1 aliphatic carbocycles. The standard InChI is InChI=1S/C14H22O/c1-11(7-9-15)10-13-12(2)6-5-8-14(13,3)4/h7,9H,5-6,8,10H2,1-4H3. The number of hydrogen-bond acceptors (Lipinski definition) is 1. The van der Waals surface area contributed by atoms with Gasteiger partial charge in [0.05, 0.1) is 0 Å². The first-order chi connectivity index (χ1) is 6.97. The molecule has 15 heavy (non-hydrogen) atoms. The third-order valence-electron chi connectivity index (χ3n) is 3.49. The van der Waals surface area contributed by atoms with Gasteiger partial charge < -0.3 is 0 Å². The second-order valence-electron chi connectivity index (χ2n) is 5.32. The minimum Gasteiger partial charge on any atom is -0.299 e. The van der Waals surface area contributed by atoms with E-state index in [1.807, 2.05) is 6.92 Å². The van der Waals surface area contributed by atoms with Gasteiger partial charge in [-0.2, -0.15) is 0 Å². The smallest absolute Gasteiger partial charge is 0.142 e. The topological polar surface area (TPSA) is 17.1 Å². The Morgan fingerprint density at radius 1 is 1.47 bits per heavy atom. The Morgan fingerprint density at radius 2 is 2.13 bits per heavy atom. The van der Waals surface area contributed by atoms with Crippen molar-refractivity contribution in [3.05, 3.63) is 22.8 Å². The number of aldehydes is 1. The van der Waals surface area contributed by atoms with Crippen molar-refractivity contribution in [3.8, 4) is 0 Å². The number of rotatable bonds is 3. The fourth-order valence-corrected chi connectivity index (χ4v) is 2.52. The van der Waals surface area contributed by atoms with Gasteiger partial charge in [0.1, 0.15) is 6.29 Å². The molecule has 0 atom stereocenters. The van der Waals surface area contributed by atoms with E-state index in [0.717, 1.165) is 12.7 Å². The fraction of sp³-hybridized carbons (Fsp3) is 0.643. The molecule has 0 saturated carbocycles. The lowest BCUT2D eigenvalue weighted by Gasteiger charge is -2.35. The summed E-state index contributed by atoms with van der Waals surface area (Å²) in [5.41, 5.74) is 4.57. The molecule has 84 valence electrons. The highest BCUT2D eigenvalue weighted by Crippen LogP contribution is 2.42. The van der Waals surface area contributed by atoms with Gasteiger partial charge in [-0.15, -0.1) is 0 Å². The summed E-state index contributed by atoms with van der Waals surface area (Å²) >= 11 is 0. The molecule has 0 heterocycles. The van der Waals surface area contributed by atoms with E-state index in [4.69, 9.17) is 0 Å². The van der Waals surface area contributed by atoms with Crippen LogP contribution < -0.4 is 0 Å². The number of carbonyl (C=O) groups excluding carboxylic acids is 1. The van der Waals surface area contributed by atoms with Crippen LogP contribution in [0.25, 0.3) is 0 Å².